The van der Waals surface area contributed by atoms with E-state index in [-0.39, 0.29) is 11.6 Å². The Labute approximate surface area is 111 Å². The second-order valence-corrected chi connectivity index (χ2v) is 5.65. The summed E-state index contributed by atoms with van der Waals surface area (Å²) in [6.07, 6.45) is 1.57. The highest BCUT2D eigenvalue weighted by Crippen LogP contribution is 2.29. The molecule has 1 heterocycles. The van der Waals surface area contributed by atoms with Gasteiger partial charge in [0.1, 0.15) is 11.6 Å². The quantitative estimate of drug-likeness (QED) is 0.849. The maximum atomic E-state index is 13.7. The molecule has 1 unspecified atom stereocenters. The summed E-state index contributed by atoms with van der Waals surface area (Å²) in [6, 6.07) is 2.79. The van der Waals surface area contributed by atoms with Gasteiger partial charge in [-0.1, -0.05) is 0 Å². The third kappa shape index (κ3) is 2.76. The Morgan fingerprint density at radius 1 is 1.42 bits per heavy atom. The molecule has 1 saturated heterocycles. The number of nitrogens with zero attached hydrogens (tertiary/aromatic N) is 1. The van der Waals surface area contributed by atoms with E-state index in [2.05, 4.69) is 0 Å². The van der Waals surface area contributed by atoms with Crippen LogP contribution in [-0.2, 0) is 0 Å². The number of halogens is 2. The van der Waals surface area contributed by atoms with Crippen LogP contribution < -0.4 is 5.73 Å². The van der Waals surface area contributed by atoms with Gasteiger partial charge in [0.2, 0.25) is 0 Å². The van der Waals surface area contributed by atoms with Gasteiger partial charge in [-0.2, -0.15) is 0 Å². The summed E-state index contributed by atoms with van der Waals surface area (Å²) in [4.78, 5) is 13.9. The van der Waals surface area contributed by atoms with Crippen LogP contribution in [0.15, 0.2) is 18.2 Å². The standard InChI is InChI=1S/C14H18F2N2O/c1-14(2)6-5-10(17)8-18(14)13(19)11-7-9(15)3-4-12(11)16/h3-4,7,10H,5-6,8,17H2,1-2H3. The molecule has 0 aromatic heterocycles. The Balaban J connectivity index is 2.34. The number of carbonyl (C=O) groups is 1. The Bertz CT molecular complexity index is 502. The Morgan fingerprint density at radius 3 is 2.79 bits per heavy atom. The molecule has 19 heavy (non-hydrogen) atoms. The summed E-state index contributed by atoms with van der Waals surface area (Å²) in [5, 5.41) is 0. The molecular formula is C14H18F2N2O. The number of hydrogen-bond acceptors (Lipinski definition) is 2. The van der Waals surface area contributed by atoms with E-state index in [9.17, 15) is 13.6 Å². The SMILES string of the molecule is CC1(C)CCC(N)CN1C(=O)c1cc(F)ccc1F. The summed E-state index contributed by atoms with van der Waals surface area (Å²) >= 11 is 0. The van der Waals surface area contributed by atoms with Crippen molar-refractivity contribution in [3.63, 3.8) is 0 Å². The normalized spacial score (nSPS) is 22.4. The van der Waals surface area contributed by atoms with Crippen LogP contribution in [0.25, 0.3) is 0 Å². The maximum Gasteiger partial charge on any atom is 0.257 e. The van der Waals surface area contributed by atoms with Crippen LogP contribution in [0.5, 0.6) is 0 Å². The zero-order valence-corrected chi connectivity index (χ0v) is 11.1. The first-order valence-electron chi connectivity index (χ1n) is 6.34. The van der Waals surface area contributed by atoms with Crippen LogP contribution >= 0.6 is 0 Å². The number of rotatable bonds is 1. The van der Waals surface area contributed by atoms with Crippen molar-refractivity contribution < 1.29 is 13.6 Å². The van der Waals surface area contributed by atoms with E-state index in [1.165, 1.54) is 0 Å². The van der Waals surface area contributed by atoms with Gasteiger partial charge in [-0.15, -0.1) is 0 Å². The molecular weight excluding hydrogens is 250 g/mol. The highest BCUT2D eigenvalue weighted by Gasteiger charge is 2.37. The summed E-state index contributed by atoms with van der Waals surface area (Å²) in [7, 11) is 0. The van der Waals surface area contributed by atoms with Crippen molar-refractivity contribution in [2.45, 2.75) is 38.3 Å². The van der Waals surface area contributed by atoms with Gasteiger partial charge in [-0.05, 0) is 44.9 Å². The van der Waals surface area contributed by atoms with Gasteiger partial charge < -0.3 is 10.6 Å². The van der Waals surface area contributed by atoms with Crippen molar-refractivity contribution in [1.82, 2.24) is 4.90 Å². The van der Waals surface area contributed by atoms with Gasteiger partial charge in [0.05, 0.1) is 5.56 Å². The minimum atomic E-state index is -0.707. The summed E-state index contributed by atoms with van der Waals surface area (Å²) in [5.41, 5.74) is 5.24. The molecule has 0 bridgehead atoms. The molecule has 1 aliphatic rings. The summed E-state index contributed by atoms with van der Waals surface area (Å²) in [6.45, 7) is 4.18. The molecule has 0 aliphatic carbocycles. The number of amides is 1. The van der Waals surface area contributed by atoms with Gasteiger partial charge in [-0.25, -0.2) is 8.78 Å². The van der Waals surface area contributed by atoms with Crippen molar-refractivity contribution in [3.05, 3.63) is 35.4 Å². The average molecular weight is 268 g/mol. The summed E-state index contributed by atoms with van der Waals surface area (Å²) < 4.78 is 26.9. The largest absolute Gasteiger partial charge is 0.332 e. The second kappa shape index (κ2) is 4.89. The predicted molar refractivity (Wildman–Crippen MR) is 68.7 cm³/mol. The van der Waals surface area contributed by atoms with Crippen LogP contribution in [0.3, 0.4) is 0 Å². The lowest BCUT2D eigenvalue weighted by atomic mass is 9.87. The lowest BCUT2D eigenvalue weighted by Gasteiger charge is -2.44. The molecule has 1 fully saturated rings. The van der Waals surface area contributed by atoms with Gasteiger partial charge in [-0.3, -0.25) is 4.79 Å². The fraction of sp³-hybridized carbons (Fsp3) is 0.500. The van der Waals surface area contributed by atoms with E-state index >= 15 is 0 Å². The third-order valence-electron chi connectivity index (χ3n) is 3.68. The first-order chi connectivity index (χ1) is 8.81. The number of hydrogen-bond donors (Lipinski definition) is 1. The van der Waals surface area contributed by atoms with E-state index in [4.69, 9.17) is 5.73 Å². The molecule has 5 heteroatoms. The first kappa shape index (κ1) is 13.9. The fourth-order valence-electron chi connectivity index (χ4n) is 2.41. The van der Waals surface area contributed by atoms with E-state index in [0.29, 0.717) is 6.54 Å². The molecule has 104 valence electrons. The molecule has 1 aliphatic heterocycles. The van der Waals surface area contributed by atoms with E-state index in [1.807, 2.05) is 13.8 Å². The average Bonchev–Trinajstić information content (AvgIpc) is 2.34. The zero-order chi connectivity index (χ0) is 14.2. The molecule has 2 rings (SSSR count). The lowest BCUT2D eigenvalue weighted by Crippen LogP contribution is -2.56. The third-order valence-corrected chi connectivity index (χ3v) is 3.68. The second-order valence-electron chi connectivity index (χ2n) is 5.65. The smallest absolute Gasteiger partial charge is 0.257 e. The van der Waals surface area contributed by atoms with Crippen LogP contribution in [0.4, 0.5) is 8.78 Å². The van der Waals surface area contributed by atoms with Crippen molar-refractivity contribution in [3.8, 4) is 0 Å². The lowest BCUT2D eigenvalue weighted by molar-refractivity contribution is 0.0390. The van der Waals surface area contributed by atoms with Crippen LogP contribution in [0, 0.1) is 11.6 Å². The summed E-state index contributed by atoms with van der Waals surface area (Å²) in [5.74, 6) is -1.83. The minimum absolute atomic E-state index is 0.117. The van der Waals surface area contributed by atoms with Crippen LogP contribution in [0.2, 0.25) is 0 Å². The molecule has 3 nitrogen and oxygen atoms in total. The molecule has 0 radical (unpaired) electrons. The molecule has 1 aromatic rings. The molecule has 1 atom stereocenters. The van der Waals surface area contributed by atoms with Crippen LogP contribution in [-0.4, -0.2) is 28.9 Å². The molecule has 0 saturated carbocycles. The first-order valence-corrected chi connectivity index (χ1v) is 6.34. The Kier molecular flexibility index (Phi) is 3.58. The molecule has 0 spiro atoms. The highest BCUT2D eigenvalue weighted by atomic mass is 19.1. The van der Waals surface area contributed by atoms with E-state index in [0.717, 1.165) is 31.0 Å². The number of carbonyl (C=O) groups excluding carboxylic acids is 1. The fourth-order valence-corrected chi connectivity index (χ4v) is 2.41. The molecule has 2 N–H and O–H groups in total. The van der Waals surface area contributed by atoms with Gasteiger partial charge in [0.25, 0.3) is 5.91 Å². The minimum Gasteiger partial charge on any atom is -0.332 e. The molecule has 1 amide bonds. The van der Waals surface area contributed by atoms with E-state index in [1.54, 1.807) is 4.90 Å². The van der Waals surface area contributed by atoms with Crippen LogP contribution in [0.1, 0.15) is 37.0 Å². The van der Waals surface area contributed by atoms with Crippen molar-refractivity contribution in [1.29, 1.82) is 0 Å². The Hall–Kier alpha value is -1.49. The predicted octanol–water partition coefficient (Wildman–Crippen LogP) is 2.31. The number of likely N-dealkylation sites (tertiary alicyclic amines) is 1. The monoisotopic (exact) mass is 268 g/mol. The topological polar surface area (TPSA) is 46.3 Å². The van der Waals surface area contributed by atoms with E-state index < -0.39 is 23.1 Å². The van der Waals surface area contributed by atoms with Gasteiger partial charge in [0, 0.05) is 18.1 Å². The van der Waals surface area contributed by atoms with Crippen molar-refractivity contribution in [2.75, 3.05) is 6.54 Å². The number of nitrogens with two attached hydrogens (primary N) is 1. The maximum absolute atomic E-state index is 13.7. The Morgan fingerprint density at radius 2 is 2.11 bits per heavy atom. The van der Waals surface area contributed by atoms with Gasteiger partial charge >= 0.3 is 0 Å². The van der Waals surface area contributed by atoms with Crippen molar-refractivity contribution >= 4 is 5.91 Å². The van der Waals surface area contributed by atoms with Gasteiger partial charge in [0.15, 0.2) is 0 Å². The highest BCUT2D eigenvalue weighted by molar-refractivity contribution is 5.95. The van der Waals surface area contributed by atoms with Crippen molar-refractivity contribution in [2.24, 2.45) is 5.73 Å². The zero-order valence-electron chi connectivity index (χ0n) is 11.1. The number of benzene rings is 1. The number of piperidine rings is 1. The molecule has 1 aromatic carbocycles.